The second-order valence-electron chi connectivity index (χ2n) is 4.82. The first-order chi connectivity index (χ1) is 6.13. The molecule has 2 bridgehead atoms. The highest BCUT2D eigenvalue weighted by Crippen LogP contribution is 2.45. The third-order valence-corrected chi connectivity index (χ3v) is 3.66. The summed E-state index contributed by atoms with van der Waals surface area (Å²) < 4.78 is 5.76. The van der Waals surface area contributed by atoms with Crippen LogP contribution in [0.4, 0.5) is 0 Å². The van der Waals surface area contributed by atoms with E-state index in [1.807, 2.05) is 6.92 Å². The summed E-state index contributed by atoms with van der Waals surface area (Å²) in [4.78, 5) is 0. The SMILES string of the molecule is CCCC(C)(O)C1CC2CCC1O2. The molecular formula is C11H20O2. The molecule has 0 amide bonds. The second-order valence-corrected chi connectivity index (χ2v) is 4.82. The summed E-state index contributed by atoms with van der Waals surface area (Å²) in [6.07, 6.45) is 6.23. The molecule has 0 aliphatic carbocycles. The molecule has 0 aromatic carbocycles. The maximum Gasteiger partial charge on any atom is 0.0673 e. The van der Waals surface area contributed by atoms with Crippen molar-refractivity contribution in [3.63, 3.8) is 0 Å². The third-order valence-electron chi connectivity index (χ3n) is 3.66. The molecule has 2 aliphatic heterocycles. The summed E-state index contributed by atoms with van der Waals surface area (Å²) in [6, 6.07) is 0. The largest absolute Gasteiger partial charge is 0.390 e. The molecule has 2 saturated heterocycles. The van der Waals surface area contributed by atoms with Gasteiger partial charge in [-0.05, 0) is 32.6 Å². The van der Waals surface area contributed by atoms with E-state index in [0.29, 0.717) is 18.1 Å². The first kappa shape index (κ1) is 9.47. The Kier molecular flexibility index (Phi) is 2.37. The fraction of sp³-hybridized carbons (Fsp3) is 1.00. The van der Waals surface area contributed by atoms with Gasteiger partial charge in [0.25, 0.3) is 0 Å². The molecule has 0 spiro atoms. The molecular weight excluding hydrogens is 164 g/mol. The standard InChI is InChI=1S/C11H20O2/c1-3-6-11(2,12)9-7-8-4-5-10(9)13-8/h8-10,12H,3-7H2,1-2H3. The van der Waals surface area contributed by atoms with E-state index in [4.69, 9.17) is 4.74 Å². The van der Waals surface area contributed by atoms with Crippen LogP contribution in [0.15, 0.2) is 0 Å². The maximum atomic E-state index is 10.3. The van der Waals surface area contributed by atoms with Gasteiger partial charge in [-0.3, -0.25) is 0 Å². The van der Waals surface area contributed by atoms with Crippen LogP contribution in [0, 0.1) is 5.92 Å². The molecule has 2 heteroatoms. The predicted octanol–water partition coefficient (Wildman–Crippen LogP) is 2.10. The van der Waals surface area contributed by atoms with E-state index in [1.165, 1.54) is 6.42 Å². The Labute approximate surface area is 80.3 Å². The van der Waals surface area contributed by atoms with Crippen LogP contribution in [0.2, 0.25) is 0 Å². The fourth-order valence-corrected chi connectivity index (χ4v) is 2.98. The zero-order chi connectivity index (χ0) is 9.47. The molecule has 76 valence electrons. The summed E-state index contributed by atoms with van der Waals surface area (Å²) in [5, 5.41) is 10.3. The van der Waals surface area contributed by atoms with Crippen LogP contribution in [0.1, 0.15) is 46.0 Å². The Morgan fingerprint density at radius 3 is 2.69 bits per heavy atom. The van der Waals surface area contributed by atoms with Gasteiger partial charge in [0.15, 0.2) is 0 Å². The highest BCUT2D eigenvalue weighted by atomic mass is 16.5. The molecule has 1 N–H and O–H groups in total. The lowest BCUT2D eigenvalue weighted by molar-refractivity contribution is -0.0380. The summed E-state index contributed by atoms with van der Waals surface area (Å²) in [5.74, 6) is 0.395. The number of rotatable bonds is 3. The van der Waals surface area contributed by atoms with Crippen molar-refractivity contribution in [3.05, 3.63) is 0 Å². The quantitative estimate of drug-likeness (QED) is 0.728. The fourth-order valence-electron chi connectivity index (χ4n) is 2.98. The van der Waals surface area contributed by atoms with Gasteiger partial charge in [0, 0.05) is 5.92 Å². The molecule has 2 nitrogen and oxygen atoms in total. The molecule has 4 atom stereocenters. The molecule has 13 heavy (non-hydrogen) atoms. The zero-order valence-electron chi connectivity index (χ0n) is 8.62. The second kappa shape index (κ2) is 3.25. The first-order valence-electron chi connectivity index (χ1n) is 5.51. The lowest BCUT2D eigenvalue weighted by Gasteiger charge is -2.33. The van der Waals surface area contributed by atoms with E-state index in [-0.39, 0.29) is 0 Å². The summed E-state index contributed by atoms with van der Waals surface area (Å²) in [5.41, 5.74) is -0.491. The van der Waals surface area contributed by atoms with Crippen molar-refractivity contribution in [2.45, 2.75) is 63.8 Å². The van der Waals surface area contributed by atoms with Crippen molar-refractivity contribution in [2.75, 3.05) is 0 Å². The van der Waals surface area contributed by atoms with Crippen molar-refractivity contribution in [2.24, 2.45) is 5.92 Å². The number of hydrogen-bond donors (Lipinski definition) is 1. The van der Waals surface area contributed by atoms with Crippen LogP contribution in [-0.2, 0) is 4.74 Å². The smallest absolute Gasteiger partial charge is 0.0673 e. The van der Waals surface area contributed by atoms with E-state index in [2.05, 4.69) is 6.92 Å². The van der Waals surface area contributed by atoms with Gasteiger partial charge in [-0.25, -0.2) is 0 Å². The Hall–Kier alpha value is -0.0800. The highest BCUT2D eigenvalue weighted by molar-refractivity contribution is 4.97. The average Bonchev–Trinajstić information content (AvgIpc) is 2.63. The Morgan fingerprint density at radius 2 is 2.23 bits per heavy atom. The number of aliphatic hydroxyl groups is 1. The molecule has 2 rings (SSSR count). The summed E-state index contributed by atoms with van der Waals surface area (Å²) in [6.45, 7) is 4.10. The zero-order valence-corrected chi connectivity index (χ0v) is 8.62. The lowest BCUT2D eigenvalue weighted by atomic mass is 9.76. The average molecular weight is 184 g/mol. The maximum absolute atomic E-state index is 10.3. The topological polar surface area (TPSA) is 29.5 Å². The third kappa shape index (κ3) is 1.62. The normalized spacial score (nSPS) is 42.2. The molecule has 4 unspecified atom stereocenters. The van der Waals surface area contributed by atoms with Crippen LogP contribution >= 0.6 is 0 Å². The van der Waals surface area contributed by atoms with E-state index in [0.717, 1.165) is 25.7 Å². The molecule has 2 heterocycles. The van der Waals surface area contributed by atoms with Crippen molar-refractivity contribution >= 4 is 0 Å². The van der Waals surface area contributed by atoms with E-state index in [1.54, 1.807) is 0 Å². The van der Waals surface area contributed by atoms with Crippen LogP contribution < -0.4 is 0 Å². The van der Waals surface area contributed by atoms with Gasteiger partial charge >= 0.3 is 0 Å². The van der Waals surface area contributed by atoms with Crippen LogP contribution in [0.25, 0.3) is 0 Å². The minimum Gasteiger partial charge on any atom is -0.390 e. The van der Waals surface area contributed by atoms with Gasteiger partial charge < -0.3 is 9.84 Å². The van der Waals surface area contributed by atoms with Crippen LogP contribution in [0.3, 0.4) is 0 Å². The Bertz CT molecular complexity index is 189. The van der Waals surface area contributed by atoms with E-state index < -0.39 is 5.60 Å². The lowest BCUT2D eigenvalue weighted by Crippen LogP contribution is -2.40. The molecule has 2 fully saturated rings. The van der Waals surface area contributed by atoms with Crippen molar-refractivity contribution in [1.29, 1.82) is 0 Å². The Balaban J connectivity index is 2.01. The molecule has 2 aliphatic rings. The van der Waals surface area contributed by atoms with Gasteiger partial charge in [-0.1, -0.05) is 13.3 Å². The molecule has 0 aromatic rings. The predicted molar refractivity (Wildman–Crippen MR) is 51.5 cm³/mol. The summed E-state index contributed by atoms with van der Waals surface area (Å²) >= 11 is 0. The molecule has 0 radical (unpaired) electrons. The minimum atomic E-state index is -0.491. The van der Waals surface area contributed by atoms with Crippen LogP contribution in [-0.4, -0.2) is 22.9 Å². The monoisotopic (exact) mass is 184 g/mol. The van der Waals surface area contributed by atoms with Crippen molar-refractivity contribution in [3.8, 4) is 0 Å². The Morgan fingerprint density at radius 1 is 1.46 bits per heavy atom. The van der Waals surface area contributed by atoms with Gasteiger partial charge in [-0.2, -0.15) is 0 Å². The van der Waals surface area contributed by atoms with Gasteiger partial charge in [0.05, 0.1) is 17.8 Å². The van der Waals surface area contributed by atoms with Gasteiger partial charge in [0.1, 0.15) is 0 Å². The van der Waals surface area contributed by atoms with Gasteiger partial charge in [0.2, 0.25) is 0 Å². The van der Waals surface area contributed by atoms with Gasteiger partial charge in [-0.15, -0.1) is 0 Å². The highest BCUT2D eigenvalue weighted by Gasteiger charge is 2.48. The number of hydrogen-bond acceptors (Lipinski definition) is 2. The van der Waals surface area contributed by atoms with Crippen molar-refractivity contribution in [1.82, 2.24) is 0 Å². The van der Waals surface area contributed by atoms with Crippen molar-refractivity contribution < 1.29 is 9.84 Å². The number of fused-ring (bicyclic) bond motifs is 2. The van der Waals surface area contributed by atoms with E-state index in [9.17, 15) is 5.11 Å². The first-order valence-corrected chi connectivity index (χ1v) is 5.51. The molecule has 0 aromatic heterocycles. The molecule has 0 saturated carbocycles. The van der Waals surface area contributed by atoms with Crippen LogP contribution in [0.5, 0.6) is 0 Å². The number of ether oxygens (including phenoxy) is 1. The van der Waals surface area contributed by atoms with E-state index >= 15 is 0 Å². The summed E-state index contributed by atoms with van der Waals surface area (Å²) in [7, 11) is 0. The minimum absolute atomic E-state index is 0.353.